The summed E-state index contributed by atoms with van der Waals surface area (Å²) >= 11 is 0. The van der Waals surface area contributed by atoms with Crippen molar-refractivity contribution in [1.82, 2.24) is 9.55 Å². The van der Waals surface area contributed by atoms with E-state index >= 15 is 0 Å². The van der Waals surface area contributed by atoms with Gasteiger partial charge < -0.3 is 14.2 Å². The van der Waals surface area contributed by atoms with Crippen LogP contribution in [0.1, 0.15) is 6.42 Å². The molecule has 0 radical (unpaired) electrons. The highest BCUT2D eigenvalue weighted by Crippen LogP contribution is 2.29. The Morgan fingerprint density at radius 3 is 2.85 bits per heavy atom. The van der Waals surface area contributed by atoms with Crippen LogP contribution >= 0.6 is 0 Å². The van der Waals surface area contributed by atoms with Crippen molar-refractivity contribution in [3.63, 3.8) is 0 Å². The van der Waals surface area contributed by atoms with E-state index in [0.29, 0.717) is 42.4 Å². The molecule has 6 nitrogen and oxygen atoms in total. The zero-order chi connectivity index (χ0) is 19.0. The molecule has 0 bridgehead atoms. The number of hydrogen-bond acceptors (Lipinski definition) is 4. The second-order valence-electron chi connectivity index (χ2n) is 6.69. The molecule has 1 unspecified atom stereocenters. The average molecular weight is 368 g/mol. The molecule has 1 aliphatic rings. The third-order valence-electron chi connectivity index (χ3n) is 5.08. The monoisotopic (exact) mass is 368 g/mol. The summed E-state index contributed by atoms with van der Waals surface area (Å²) in [5.41, 5.74) is 2.13. The minimum absolute atomic E-state index is 0.105. The van der Waals surface area contributed by atoms with Gasteiger partial charge in [-0.25, -0.2) is 9.37 Å². The van der Waals surface area contributed by atoms with E-state index in [1.807, 2.05) is 34.7 Å². The Morgan fingerprint density at radius 2 is 2.07 bits per heavy atom. The number of benzene rings is 2. The second kappa shape index (κ2) is 6.90. The number of methoxy groups -OCH3 is 1. The molecular weight excluding hydrogens is 347 g/mol. The molecule has 140 valence electrons. The number of halogens is 1. The maximum absolute atomic E-state index is 14.0. The number of imidazole rings is 1. The van der Waals surface area contributed by atoms with Crippen LogP contribution in [0, 0.1) is 11.7 Å². The number of carbonyl (C=O) groups excluding carboxylic acids is 1. The Morgan fingerprint density at radius 1 is 1.26 bits per heavy atom. The van der Waals surface area contributed by atoms with E-state index in [4.69, 9.17) is 4.74 Å². The first-order valence-electron chi connectivity index (χ1n) is 8.88. The Kier molecular flexibility index (Phi) is 4.43. The number of aromatic nitrogens is 2. The van der Waals surface area contributed by atoms with Crippen LogP contribution in [0.2, 0.25) is 0 Å². The fraction of sp³-hybridized carbons (Fsp3) is 0.300. The van der Waals surface area contributed by atoms with Gasteiger partial charge in [0.05, 0.1) is 24.2 Å². The number of nitrogens with zero attached hydrogens (tertiary/aromatic N) is 3. The van der Waals surface area contributed by atoms with Crippen molar-refractivity contribution < 1.29 is 13.9 Å². The molecule has 0 aliphatic carbocycles. The number of rotatable bonds is 4. The molecule has 1 aromatic heterocycles. The molecule has 7 heteroatoms. The Hall–Kier alpha value is -3.09. The fourth-order valence-electron chi connectivity index (χ4n) is 3.58. The van der Waals surface area contributed by atoms with E-state index in [1.165, 1.54) is 6.07 Å². The van der Waals surface area contributed by atoms with Gasteiger partial charge in [-0.3, -0.25) is 10.1 Å². The molecule has 0 spiro atoms. The summed E-state index contributed by atoms with van der Waals surface area (Å²) in [6.07, 6.45) is 0.674. The minimum Gasteiger partial charge on any atom is -0.494 e. The van der Waals surface area contributed by atoms with Crippen LogP contribution in [0.25, 0.3) is 11.0 Å². The number of nitrogens with one attached hydrogen (secondary N) is 1. The molecular formula is C20H21FN4O2. The molecule has 2 aromatic carbocycles. The van der Waals surface area contributed by atoms with Crippen molar-refractivity contribution in [1.29, 1.82) is 0 Å². The molecule has 1 aliphatic heterocycles. The van der Waals surface area contributed by atoms with Crippen molar-refractivity contribution >= 4 is 28.6 Å². The standard InChI is InChI=1S/C20H21FN4O2/c1-24-16-8-5-9-17(27-2)18(16)22-20(24)23-19(26)13-10-11-25(12-13)15-7-4-3-6-14(15)21/h3-9,13H,10-12H2,1-2H3,(H,22,23,26). The van der Waals surface area contributed by atoms with Crippen LogP contribution in [0.3, 0.4) is 0 Å². The van der Waals surface area contributed by atoms with Gasteiger partial charge in [0.15, 0.2) is 0 Å². The van der Waals surface area contributed by atoms with Gasteiger partial charge in [-0.2, -0.15) is 0 Å². The van der Waals surface area contributed by atoms with Gasteiger partial charge >= 0.3 is 0 Å². The molecule has 3 aromatic rings. The predicted molar refractivity (Wildman–Crippen MR) is 103 cm³/mol. The predicted octanol–water partition coefficient (Wildman–Crippen LogP) is 3.19. The first kappa shape index (κ1) is 17.3. The van der Waals surface area contributed by atoms with E-state index < -0.39 is 0 Å². The van der Waals surface area contributed by atoms with E-state index in [0.717, 1.165) is 5.52 Å². The Balaban J connectivity index is 1.51. The van der Waals surface area contributed by atoms with E-state index in [1.54, 1.807) is 25.3 Å². The summed E-state index contributed by atoms with van der Waals surface area (Å²) in [7, 11) is 3.45. The lowest BCUT2D eigenvalue weighted by Gasteiger charge is -2.19. The van der Waals surface area contributed by atoms with Crippen molar-refractivity contribution in [2.24, 2.45) is 13.0 Å². The number of amides is 1. The molecule has 1 amide bonds. The van der Waals surface area contributed by atoms with Gasteiger partial charge in [0.2, 0.25) is 11.9 Å². The van der Waals surface area contributed by atoms with Gasteiger partial charge in [0.1, 0.15) is 17.1 Å². The normalized spacial score (nSPS) is 16.7. The van der Waals surface area contributed by atoms with Crippen molar-refractivity contribution in [2.75, 3.05) is 30.4 Å². The largest absolute Gasteiger partial charge is 0.494 e. The Bertz CT molecular complexity index is 1000. The van der Waals surface area contributed by atoms with Gasteiger partial charge in [0.25, 0.3) is 0 Å². The van der Waals surface area contributed by atoms with Crippen molar-refractivity contribution in [2.45, 2.75) is 6.42 Å². The average Bonchev–Trinajstić information content (AvgIpc) is 3.28. The maximum atomic E-state index is 14.0. The lowest BCUT2D eigenvalue weighted by atomic mass is 10.1. The highest BCUT2D eigenvalue weighted by atomic mass is 19.1. The smallest absolute Gasteiger partial charge is 0.231 e. The van der Waals surface area contributed by atoms with Crippen LogP contribution in [0.5, 0.6) is 5.75 Å². The summed E-state index contributed by atoms with van der Waals surface area (Å²) in [5, 5.41) is 2.92. The van der Waals surface area contributed by atoms with E-state index in [9.17, 15) is 9.18 Å². The second-order valence-corrected chi connectivity index (χ2v) is 6.69. The molecule has 1 N–H and O–H groups in total. The summed E-state index contributed by atoms with van der Waals surface area (Å²) in [5.74, 6) is 0.553. The number of hydrogen-bond donors (Lipinski definition) is 1. The van der Waals surface area contributed by atoms with Crippen molar-refractivity contribution in [3.8, 4) is 5.75 Å². The van der Waals surface area contributed by atoms with Crippen LogP contribution in [-0.2, 0) is 11.8 Å². The number of aryl methyl sites for hydroxylation is 1. The number of carbonyl (C=O) groups is 1. The highest BCUT2D eigenvalue weighted by Gasteiger charge is 2.30. The molecule has 0 saturated carbocycles. The van der Waals surface area contributed by atoms with Crippen LogP contribution < -0.4 is 15.0 Å². The lowest BCUT2D eigenvalue weighted by molar-refractivity contribution is -0.119. The fourth-order valence-corrected chi connectivity index (χ4v) is 3.58. The number of para-hydroxylation sites is 2. The number of anilines is 2. The maximum Gasteiger partial charge on any atom is 0.231 e. The number of fused-ring (bicyclic) bond motifs is 1. The van der Waals surface area contributed by atoms with Crippen LogP contribution in [-0.4, -0.2) is 35.7 Å². The summed E-state index contributed by atoms with van der Waals surface area (Å²) < 4.78 is 21.2. The molecule has 1 saturated heterocycles. The van der Waals surface area contributed by atoms with E-state index in [-0.39, 0.29) is 17.6 Å². The lowest BCUT2D eigenvalue weighted by Crippen LogP contribution is -2.28. The molecule has 4 rings (SSSR count). The van der Waals surface area contributed by atoms with Gasteiger partial charge in [0, 0.05) is 20.1 Å². The van der Waals surface area contributed by atoms with Crippen LogP contribution in [0.15, 0.2) is 42.5 Å². The van der Waals surface area contributed by atoms with Gasteiger partial charge in [-0.15, -0.1) is 0 Å². The van der Waals surface area contributed by atoms with Gasteiger partial charge in [-0.05, 0) is 30.7 Å². The molecule has 2 heterocycles. The third-order valence-corrected chi connectivity index (χ3v) is 5.08. The zero-order valence-electron chi connectivity index (χ0n) is 15.3. The van der Waals surface area contributed by atoms with E-state index in [2.05, 4.69) is 10.3 Å². The van der Waals surface area contributed by atoms with Crippen LogP contribution in [0.4, 0.5) is 16.0 Å². The molecule has 1 fully saturated rings. The minimum atomic E-state index is -0.263. The Labute approximate surface area is 156 Å². The van der Waals surface area contributed by atoms with Gasteiger partial charge in [-0.1, -0.05) is 18.2 Å². The number of ether oxygens (including phenoxy) is 1. The summed E-state index contributed by atoms with van der Waals surface area (Å²) in [6, 6.07) is 12.3. The van der Waals surface area contributed by atoms with Crippen molar-refractivity contribution in [3.05, 3.63) is 48.3 Å². The quantitative estimate of drug-likeness (QED) is 0.768. The zero-order valence-corrected chi connectivity index (χ0v) is 15.3. The SMILES string of the molecule is COc1cccc2c1nc(NC(=O)C1CCN(c3ccccc3F)C1)n2C. The molecule has 1 atom stereocenters. The summed E-state index contributed by atoms with van der Waals surface area (Å²) in [6.45, 7) is 1.13. The third kappa shape index (κ3) is 3.09. The first-order valence-corrected chi connectivity index (χ1v) is 8.88. The highest BCUT2D eigenvalue weighted by molar-refractivity contribution is 5.94. The first-order chi connectivity index (χ1) is 13.1. The summed E-state index contributed by atoms with van der Waals surface area (Å²) in [4.78, 5) is 19.2. The topological polar surface area (TPSA) is 59.4 Å². The molecule has 27 heavy (non-hydrogen) atoms.